The lowest BCUT2D eigenvalue weighted by atomic mass is 10.0. The van der Waals surface area contributed by atoms with Crippen LogP contribution in [0.25, 0.3) is 44.5 Å². The largest absolute Gasteiger partial charge is 0.507 e. The van der Waals surface area contributed by atoms with Gasteiger partial charge in [0.25, 0.3) is 0 Å². The predicted octanol–water partition coefficient (Wildman–Crippen LogP) is 4.48. The van der Waals surface area contributed by atoms with Gasteiger partial charge in [-0.25, -0.2) is 4.98 Å². The van der Waals surface area contributed by atoms with Crippen LogP contribution >= 0.6 is 0 Å². The van der Waals surface area contributed by atoms with Crippen LogP contribution in [-0.2, 0) is 0 Å². The standard InChI is InChI=1S/C20H14N4O/c25-19-7-6-13(12-4-2-1-3-5-12)8-15(19)20-22-17-9-14-11-21-24-16(14)10-18(17)23-20/h1-11,25H,(H,21,24)(H,22,23). The highest BCUT2D eigenvalue weighted by Gasteiger charge is 2.12. The highest BCUT2D eigenvalue weighted by molar-refractivity contribution is 5.94. The Bertz CT molecular complexity index is 1160. The number of nitrogens with zero attached hydrogens (tertiary/aromatic N) is 2. The molecule has 5 rings (SSSR count). The lowest BCUT2D eigenvalue weighted by molar-refractivity contribution is 0.477. The number of aromatic amines is 2. The van der Waals surface area contributed by atoms with E-state index >= 15 is 0 Å². The molecule has 0 saturated heterocycles. The molecular weight excluding hydrogens is 312 g/mol. The van der Waals surface area contributed by atoms with E-state index in [0.717, 1.165) is 33.1 Å². The van der Waals surface area contributed by atoms with Crippen molar-refractivity contribution in [3.05, 3.63) is 66.9 Å². The number of phenols is 1. The van der Waals surface area contributed by atoms with E-state index in [1.54, 1.807) is 6.07 Å². The van der Waals surface area contributed by atoms with E-state index in [-0.39, 0.29) is 5.75 Å². The molecule has 0 amide bonds. The molecule has 0 radical (unpaired) electrons. The fourth-order valence-electron chi connectivity index (χ4n) is 3.11. The van der Waals surface area contributed by atoms with Gasteiger partial charge in [0.05, 0.1) is 22.1 Å². The average Bonchev–Trinajstić information content (AvgIpc) is 3.26. The zero-order valence-corrected chi connectivity index (χ0v) is 13.2. The van der Waals surface area contributed by atoms with Crippen LogP contribution in [0.15, 0.2) is 66.9 Å². The summed E-state index contributed by atoms with van der Waals surface area (Å²) in [5.41, 5.74) is 5.41. The van der Waals surface area contributed by atoms with Crippen molar-refractivity contribution in [3.63, 3.8) is 0 Å². The predicted molar refractivity (Wildman–Crippen MR) is 98.3 cm³/mol. The summed E-state index contributed by atoms with van der Waals surface area (Å²) in [7, 11) is 0. The van der Waals surface area contributed by atoms with E-state index in [4.69, 9.17) is 0 Å². The molecule has 5 nitrogen and oxygen atoms in total. The van der Waals surface area contributed by atoms with Crippen LogP contribution in [0, 0.1) is 0 Å². The van der Waals surface area contributed by atoms with Crippen LogP contribution < -0.4 is 0 Å². The van der Waals surface area contributed by atoms with Gasteiger partial charge in [0.2, 0.25) is 0 Å². The van der Waals surface area contributed by atoms with Crippen molar-refractivity contribution in [1.82, 2.24) is 20.2 Å². The Morgan fingerprint density at radius 3 is 2.60 bits per heavy atom. The number of H-pyrrole nitrogens is 2. The summed E-state index contributed by atoms with van der Waals surface area (Å²) < 4.78 is 0. The summed E-state index contributed by atoms with van der Waals surface area (Å²) in [6.45, 7) is 0. The molecule has 0 saturated carbocycles. The summed E-state index contributed by atoms with van der Waals surface area (Å²) in [5, 5.41) is 18.4. The molecular formula is C20H14N4O. The van der Waals surface area contributed by atoms with E-state index in [9.17, 15) is 5.11 Å². The molecule has 0 unspecified atom stereocenters. The third kappa shape index (κ3) is 2.25. The van der Waals surface area contributed by atoms with Gasteiger partial charge in [0.1, 0.15) is 11.6 Å². The Balaban J connectivity index is 1.68. The van der Waals surface area contributed by atoms with Gasteiger partial charge in [-0.15, -0.1) is 0 Å². The van der Waals surface area contributed by atoms with Crippen LogP contribution in [0.4, 0.5) is 0 Å². The molecule has 2 aromatic heterocycles. The molecule has 0 spiro atoms. The molecule has 0 bridgehead atoms. The monoisotopic (exact) mass is 326 g/mol. The Morgan fingerprint density at radius 2 is 1.72 bits per heavy atom. The van der Waals surface area contributed by atoms with E-state index in [1.807, 2.05) is 60.8 Å². The van der Waals surface area contributed by atoms with Crippen molar-refractivity contribution in [2.75, 3.05) is 0 Å². The number of imidazole rings is 1. The smallest absolute Gasteiger partial charge is 0.142 e. The summed E-state index contributed by atoms with van der Waals surface area (Å²) in [5.74, 6) is 0.839. The molecule has 3 N–H and O–H groups in total. The quantitative estimate of drug-likeness (QED) is 0.447. The van der Waals surface area contributed by atoms with E-state index < -0.39 is 0 Å². The molecule has 0 aliphatic heterocycles. The zero-order valence-electron chi connectivity index (χ0n) is 13.2. The van der Waals surface area contributed by atoms with Crippen molar-refractivity contribution in [1.29, 1.82) is 0 Å². The van der Waals surface area contributed by atoms with Gasteiger partial charge >= 0.3 is 0 Å². The molecule has 0 aliphatic rings. The van der Waals surface area contributed by atoms with Crippen molar-refractivity contribution >= 4 is 21.9 Å². The molecule has 2 heterocycles. The summed E-state index contributed by atoms with van der Waals surface area (Å²) >= 11 is 0. The summed E-state index contributed by atoms with van der Waals surface area (Å²) in [6.07, 6.45) is 1.84. The van der Waals surface area contributed by atoms with E-state index in [0.29, 0.717) is 11.4 Å². The Morgan fingerprint density at radius 1 is 0.840 bits per heavy atom. The number of hydrogen-bond donors (Lipinski definition) is 3. The van der Waals surface area contributed by atoms with Crippen molar-refractivity contribution in [3.8, 4) is 28.3 Å². The molecule has 0 aliphatic carbocycles. The first-order valence-electron chi connectivity index (χ1n) is 8.00. The number of rotatable bonds is 2. The summed E-state index contributed by atoms with van der Waals surface area (Å²) in [4.78, 5) is 7.94. The van der Waals surface area contributed by atoms with Crippen LogP contribution in [-0.4, -0.2) is 25.3 Å². The lowest BCUT2D eigenvalue weighted by Crippen LogP contribution is -1.84. The Hall–Kier alpha value is -3.60. The number of aromatic hydroxyl groups is 1. The number of fused-ring (bicyclic) bond motifs is 2. The third-order valence-corrected chi connectivity index (χ3v) is 4.39. The Kier molecular flexibility index (Phi) is 2.87. The fraction of sp³-hybridized carbons (Fsp3) is 0. The number of benzene rings is 3. The van der Waals surface area contributed by atoms with Crippen LogP contribution in [0.1, 0.15) is 0 Å². The van der Waals surface area contributed by atoms with E-state index in [1.165, 1.54) is 0 Å². The minimum atomic E-state index is 0.198. The third-order valence-electron chi connectivity index (χ3n) is 4.39. The number of phenolic OH excluding ortho intramolecular Hbond substituents is 1. The molecule has 0 fully saturated rings. The first-order valence-corrected chi connectivity index (χ1v) is 8.00. The minimum absolute atomic E-state index is 0.198. The van der Waals surface area contributed by atoms with Gasteiger partial charge in [-0.05, 0) is 35.4 Å². The number of nitrogens with one attached hydrogen (secondary N) is 2. The van der Waals surface area contributed by atoms with Gasteiger partial charge in [-0.2, -0.15) is 5.10 Å². The maximum absolute atomic E-state index is 10.3. The topological polar surface area (TPSA) is 77.6 Å². The second kappa shape index (κ2) is 5.21. The second-order valence-electron chi connectivity index (χ2n) is 6.00. The normalized spacial score (nSPS) is 11.4. The highest BCUT2D eigenvalue weighted by Crippen LogP contribution is 2.33. The van der Waals surface area contributed by atoms with Gasteiger partial charge in [0, 0.05) is 11.6 Å². The van der Waals surface area contributed by atoms with Crippen molar-refractivity contribution in [2.45, 2.75) is 0 Å². The maximum atomic E-state index is 10.3. The Labute approximate surface area is 143 Å². The average molecular weight is 326 g/mol. The van der Waals surface area contributed by atoms with Crippen molar-refractivity contribution in [2.24, 2.45) is 0 Å². The molecule has 120 valence electrons. The minimum Gasteiger partial charge on any atom is -0.507 e. The highest BCUT2D eigenvalue weighted by atomic mass is 16.3. The van der Waals surface area contributed by atoms with Crippen molar-refractivity contribution < 1.29 is 5.11 Å². The maximum Gasteiger partial charge on any atom is 0.142 e. The first kappa shape index (κ1) is 13.8. The van der Waals surface area contributed by atoms with Crippen LogP contribution in [0.5, 0.6) is 5.75 Å². The van der Waals surface area contributed by atoms with Crippen LogP contribution in [0.3, 0.4) is 0 Å². The SMILES string of the molecule is Oc1ccc(-c2ccccc2)cc1-c1nc2cc3c[nH]nc3cc2[nH]1. The molecule has 0 atom stereocenters. The summed E-state index contributed by atoms with van der Waals surface area (Å²) in [6, 6.07) is 19.6. The van der Waals surface area contributed by atoms with Gasteiger partial charge in [-0.1, -0.05) is 36.4 Å². The molecule has 5 heteroatoms. The first-order chi connectivity index (χ1) is 12.3. The van der Waals surface area contributed by atoms with Gasteiger partial charge < -0.3 is 10.1 Å². The zero-order chi connectivity index (χ0) is 16.8. The van der Waals surface area contributed by atoms with Gasteiger partial charge in [0.15, 0.2) is 0 Å². The van der Waals surface area contributed by atoms with Crippen LogP contribution in [0.2, 0.25) is 0 Å². The fourth-order valence-corrected chi connectivity index (χ4v) is 3.11. The number of hydrogen-bond acceptors (Lipinski definition) is 3. The molecule has 3 aromatic carbocycles. The molecule has 25 heavy (non-hydrogen) atoms. The van der Waals surface area contributed by atoms with E-state index in [2.05, 4.69) is 20.2 Å². The lowest BCUT2D eigenvalue weighted by Gasteiger charge is -2.06. The second-order valence-corrected chi connectivity index (χ2v) is 6.00. The van der Waals surface area contributed by atoms with Gasteiger partial charge in [-0.3, -0.25) is 5.10 Å². The number of aromatic nitrogens is 4. The molecule has 5 aromatic rings.